The minimum atomic E-state index is -5.41. The lowest BCUT2D eigenvalue weighted by Crippen LogP contribution is -2.16. The van der Waals surface area contributed by atoms with Crippen LogP contribution in [0.2, 0.25) is 0 Å². The first-order chi connectivity index (χ1) is 15.7. The van der Waals surface area contributed by atoms with Gasteiger partial charge in [-0.15, -0.1) is 0 Å². The van der Waals surface area contributed by atoms with Gasteiger partial charge in [-0.05, 0) is 58.7 Å². The van der Waals surface area contributed by atoms with Crippen LogP contribution < -0.4 is 14.6 Å². The van der Waals surface area contributed by atoms with Crippen LogP contribution in [0.3, 0.4) is 0 Å². The van der Waals surface area contributed by atoms with Crippen molar-refractivity contribution in [3.05, 3.63) is 65.5 Å². The van der Waals surface area contributed by atoms with Crippen molar-refractivity contribution in [3.8, 4) is 33.8 Å². The molecule has 1 aliphatic heterocycles. The highest BCUT2D eigenvalue weighted by molar-refractivity contribution is 7.89. The Morgan fingerprint density at radius 2 is 1.18 bits per heavy atom. The molecular formula is C21H12F7NO4S. The molecule has 5 nitrogen and oxygen atoms in total. The summed E-state index contributed by atoms with van der Waals surface area (Å²) in [6, 6.07) is 7.78. The van der Waals surface area contributed by atoms with Crippen LogP contribution in [-0.4, -0.2) is 15.2 Å². The van der Waals surface area contributed by atoms with Gasteiger partial charge in [-0.3, -0.25) is 0 Å². The van der Waals surface area contributed by atoms with Gasteiger partial charge in [0.15, 0.2) is 11.5 Å². The Kier molecular flexibility index (Phi) is 5.52. The summed E-state index contributed by atoms with van der Waals surface area (Å²) in [6.07, 6.45) is -10.8. The average Bonchev–Trinajstić information content (AvgIpc) is 3.18. The first-order valence-electron chi connectivity index (χ1n) is 9.21. The Labute approximate surface area is 187 Å². The van der Waals surface area contributed by atoms with Crippen molar-refractivity contribution in [3.63, 3.8) is 0 Å². The molecule has 0 amide bonds. The molecule has 4 rings (SSSR count). The van der Waals surface area contributed by atoms with Gasteiger partial charge in [0.25, 0.3) is 0 Å². The third kappa shape index (κ3) is 4.40. The largest absolute Gasteiger partial charge is 0.454 e. The topological polar surface area (TPSA) is 78.6 Å². The van der Waals surface area contributed by atoms with E-state index < -0.39 is 44.9 Å². The zero-order chi connectivity index (χ0) is 25.1. The third-order valence-corrected chi connectivity index (χ3v) is 5.93. The van der Waals surface area contributed by atoms with Crippen molar-refractivity contribution in [2.45, 2.75) is 17.2 Å². The Morgan fingerprint density at radius 3 is 1.59 bits per heavy atom. The van der Waals surface area contributed by atoms with Crippen LogP contribution >= 0.6 is 0 Å². The second-order valence-electron chi connectivity index (χ2n) is 7.20. The van der Waals surface area contributed by atoms with Crippen LogP contribution in [0.4, 0.5) is 30.7 Å². The molecule has 1 aliphatic rings. The van der Waals surface area contributed by atoms with E-state index in [9.17, 15) is 39.2 Å². The Bertz CT molecular complexity index is 1350. The van der Waals surface area contributed by atoms with E-state index in [0.717, 1.165) is 12.1 Å². The smallest absolute Gasteiger partial charge is 0.419 e. The number of primary sulfonamides is 1. The summed E-state index contributed by atoms with van der Waals surface area (Å²) in [5.41, 5.74) is -4.64. The third-order valence-electron chi connectivity index (χ3n) is 5.00. The summed E-state index contributed by atoms with van der Waals surface area (Å²) in [4.78, 5) is -0.265. The van der Waals surface area contributed by atoms with Gasteiger partial charge in [0.05, 0.1) is 16.0 Å². The molecule has 180 valence electrons. The van der Waals surface area contributed by atoms with E-state index in [0.29, 0.717) is 0 Å². The van der Waals surface area contributed by atoms with Gasteiger partial charge in [0.1, 0.15) is 5.82 Å². The molecule has 0 radical (unpaired) electrons. The summed E-state index contributed by atoms with van der Waals surface area (Å²) < 4.78 is 128. The average molecular weight is 507 g/mol. The fourth-order valence-corrected chi connectivity index (χ4v) is 3.95. The first-order valence-corrected chi connectivity index (χ1v) is 10.8. The number of hydrogen-bond donors (Lipinski definition) is 1. The number of rotatable bonds is 3. The van der Waals surface area contributed by atoms with E-state index >= 15 is 0 Å². The van der Waals surface area contributed by atoms with E-state index in [1.807, 2.05) is 0 Å². The molecule has 1 heterocycles. The molecule has 13 heteroatoms. The van der Waals surface area contributed by atoms with Gasteiger partial charge in [-0.2, -0.15) is 26.3 Å². The summed E-state index contributed by atoms with van der Waals surface area (Å²) in [5.74, 6) is -2.24. The lowest BCUT2D eigenvalue weighted by molar-refractivity contribution is -0.147. The lowest BCUT2D eigenvalue weighted by Gasteiger charge is -2.18. The summed E-state index contributed by atoms with van der Waals surface area (Å²) in [6.45, 7) is -0.242. The van der Waals surface area contributed by atoms with Crippen molar-refractivity contribution in [1.82, 2.24) is 0 Å². The van der Waals surface area contributed by atoms with Crippen molar-refractivity contribution in [2.75, 3.05) is 6.79 Å². The highest BCUT2D eigenvalue weighted by Gasteiger charge is 2.42. The second kappa shape index (κ2) is 7.87. The standard InChI is InChI=1S/C21H12F7NO4S/c22-19-15(20(23,24)25)5-11(6-16(19)21(26,27)28)14-8-18-17(32-9-33-18)7-13(14)10-1-3-12(4-2-10)34(29,30)31/h1-8H,9H2,(H2,29,30,31). The van der Waals surface area contributed by atoms with Crippen molar-refractivity contribution >= 4 is 10.0 Å². The van der Waals surface area contributed by atoms with Gasteiger partial charge < -0.3 is 9.47 Å². The van der Waals surface area contributed by atoms with Crippen LogP contribution in [0.15, 0.2) is 53.4 Å². The van der Waals surface area contributed by atoms with Crippen LogP contribution in [0.5, 0.6) is 11.5 Å². The predicted octanol–water partition coefficient (Wildman–Crippen LogP) is 5.57. The molecule has 0 atom stereocenters. The highest BCUT2D eigenvalue weighted by Crippen LogP contribution is 2.46. The minimum Gasteiger partial charge on any atom is -0.454 e. The predicted molar refractivity (Wildman–Crippen MR) is 105 cm³/mol. The minimum absolute atomic E-state index is 0.0475. The number of sulfonamides is 1. The van der Waals surface area contributed by atoms with Crippen molar-refractivity contribution in [1.29, 1.82) is 0 Å². The van der Waals surface area contributed by atoms with Gasteiger partial charge in [0, 0.05) is 0 Å². The number of ether oxygens (including phenoxy) is 2. The number of alkyl halides is 6. The fraction of sp³-hybridized carbons (Fsp3) is 0.143. The molecular weight excluding hydrogens is 495 g/mol. The normalized spacial score (nSPS) is 13.9. The molecule has 0 saturated heterocycles. The zero-order valence-corrected chi connectivity index (χ0v) is 17.4. The zero-order valence-electron chi connectivity index (χ0n) is 16.6. The van der Waals surface area contributed by atoms with Crippen LogP contribution in [0, 0.1) is 5.82 Å². The molecule has 0 saturated carbocycles. The summed E-state index contributed by atoms with van der Waals surface area (Å²) in [7, 11) is -4.06. The van der Waals surface area contributed by atoms with Gasteiger partial charge in [-0.25, -0.2) is 17.9 Å². The number of halogens is 7. The first kappa shape index (κ1) is 23.8. The lowest BCUT2D eigenvalue weighted by atomic mass is 9.91. The number of hydrogen-bond acceptors (Lipinski definition) is 4. The Morgan fingerprint density at radius 1 is 0.735 bits per heavy atom. The van der Waals surface area contributed by atoms with Crippen LogP contribution in [0.25, 0.3) is 22.3 Å². The van der Waals surface area contributed by atoms with E-state index in [1.165, 1.54) is 24.3 Å². The maximum atomic E-state index is 14.2. The van der Waals surface area contributed by atoms with Gasteiger partial charge in [-0.1, -0.05) is 12.1 Å². The SMILES string of the molecule is NS(=O)(=O)c1ccc(-c2cc3c(cc2-c2cc(C(F)(F)F)c(F)c(C(F)(F)F)c2)OCO3)cc1. The van der Waals surface area contributed by atoms with E-state index in [2.05, 4.69) is 0 Å². The monoisotopic (exact) mass is 507 g/mol. The Balaban J connectivity index is 2.00. The molecule has 3 aromatic rings. The quantitative estimate of drug-likeness (QED) is 0.470. The molecule has 0 unspecified atom stereocenters. The van der Waals surface area contributed by atoms with Gasteiger partial charge >= 0.3 is 12.4 Å². The van der Waals surface area contributed by atoms with E-state index in [4.69, 9.17) is 14.6 Å². The summed E-state index contributed by atoms with van der Waals surface area (Å²) >= 11 is 0. The number of fused-ring (bicyclic) bond motifs is 1. The molecule has 0 fully saturated rings. The van der Waals surface area contributed by atoms with Gasteiger partial charge in [0.2, 0.25) is 16.8 Å². The fourth-order valence-electron chi connectivity index (χ4n) is 3.44. The molecule has 0 bridgehead atoms. The highest BCUT2D eigenvalue weighted by atomic mass is 32.2. The molecule has 2 N–H and O–H groups in total. The molecule has 0 spiro atoms. The molecule has 0 aliphatic carbocycles. The van der Waals surface area contributed by atoms with Crippen LogP contribution in [-0.2, 0) is 22.4 Å². The van der Waals surface area contributed by atoms with Crippen molar-refractivity contribution in [2.24, 2.45) is 5.14 Å². The number of nitrogens with two attached hydrogens (primary N) is 1. The molecule has 34 heavy (non-hydrogen) atoms. The maximum absolute atomic E-state index is 14.2. The molecule has 3 aromatic carbocycles. The Hall–Kier alpha value is -3.32. The van der Waals surface area contributed by atoms with Crippen molar-refractivity contribution < 1.29 is 48.6 Å². The van der Waals surface area contributed by atoms with E-state index in [1.54, 1.807) is 0 Å². The van der Waals surface area contributed by atoms with E-state index in [-0.39, 0.29) is 52.0 Å². The van der Waals surface area contributed by atoms with Crippen LogP contribution in [0.1, 0.15) is 11.1 Å². The summed E-state index contributed by atoms with van der Waals surface area (Å²) in [5, 5.41) is 5.06. The second-order valence-corrected chi connectivity index (χ2v) is 8.76. The number of benzene rings is 3. The molecule has 0 aromatic heterocycles. The maximum Gasteiger partial charge on any atom is 0.419 e.